The Morgan fingerprint density at radius 1 is 1.05 bits per heavy atom. The van der Waals surface area contributed by atoms with Crippen LogP contribution in [0.4, 0.5) is 0 Å². The summed E-state index contributed by atoms with van der Waals surface area (Å²) in [6.07, 6.45) is 4.77. The average Bonchev–Trinajstić information content (AvgIpc) is 3.65. The van der Waals surface area contributed by atoms with Gasteiger partial charge in [0.2, 0.25) is 17.7 Å². The van der Waals surface area contributed by atoms with Crippen LogP contribution in [0.25, 0.3) is 0 Å². The van der Waals surface area contributed by atoms with Crippen molar-refractivity contribution in [3.05, 3.63) is 97.1 Å². The molecule has 6 atom stereocenters. The van der Waals surface area contributed by atoms with Crippen LogP contribution in [0, 0.1) is 11.8 Å². The Morgan fingerprint density at radius 2 is 1.69 bits per heavy atom. The molecule has 3 aliphatic rings. The first-order valence-electron chi connectivity index (χ1n) is 14.9. The van der Waals surface area contributed by atoms with Gasteiger partial charge in [-0.2, -0.15) is 0 Å². The molecule has 0 radical (unpaired) electrons. The number of ether oxygens (including phenoxy) is 1. The Labute approximate surface area is 248 Å². The van der Waals surface area contributed by atoms with Crippen LogP contribution in [0.1, 0.15) is 43.4 Å². The SMILES string of the molecule is C=CCN(Cc1ccccc1)C(=O)C1N([C@H](CO)c2ccccc2)C(=O)[C@@H]2[C@@H](C(=O)N(CC=C)CCC)[C@H]3CCC12O3. The first-order chi connectivity index (χ1) is 20.4. The second kappa shape index (κ2) is 12.6. The summed E-state index contributed by atoms with van der Waals surface area (Å²) in [4.78, 5) is 48.3. The number of benzene rings is 2. The van der Waals surface area contributed by atoms with Crippen molar-refractivity contribution >= 4 is 17.7 Å². The van der Waals surface area contributed by atoms with Gasteiger partial charge in [0.25, 0.3) is 0 Å². The number of rotatable bonds is 13. The van der Waals surface area contributed by atoms with Crippen molar-refractivity contribution in [1.82, 2.24) is 14.7 Å². The Hall–Kier alpha value is -3.75. The van der Waals surface area contributed by atoms with Gasteiger partial charge in [0.1, 0.15) is 11.6 Å². The molecule has 2 aromatic carbocycles. The fourth-order valence-electron chi connectivity index (χ4n) is 7.31. The van der Waals surface area contributed by atoms with E-state index in [-0.39, 0.29) is 30.9 Å². The molecule has 3 heterocycles. The van der Waals surface area contributed by atoms with Crippen LogP contribution in [-0.4, -0.2) is 81.5 Å². The van der Waals surface area contributed by atoms with E-state index >= 15 is 0 Å². The van der Waals surface area contributed by atoms with E-state index in [4.69, 9.17) is 4.74 Å². The molecule has 8 heteroatoms. The molecule has 1 spiro atoms. The third-order valence-corrected chi connectivity index (χ3v) is 8.98. The van der Waals surface area contributed by atoms with Gasteiger partial charge in [-0.1, -0.05) is 79.7 Å². The number of carbonyl (C=O) groups excluding carboxylic acids is 3. The maximum atomic E-state index is 14.7. The van der Waals surface area contributed by atoms with Gasteiger partial charge in [-0.05, 0) is 30.4 Å². The molecular formula is C34H41N3O5. The molecule has 0 aliphatic carbocycles. The van der Waals surface area contributed by atoms with E-state index in [1.807, 2.05) is 67.6 Å². The maximum Gasteiger partial charge on any atom is 0.249 e. The second-order valence-corrected chi connectivity index (χ2v) is 11.5. The summed E-state index contributed by atoms with van der Waals surface area (Å²) < 4.78 is 6.68. The van der Waals surface area contributed by atoms with Gasteiger partial charge in [0, 0.05) is 26.2 Å². The monoisotopic (exact) mass is 571 g/mol. The van der Waals surface area contributed by atoms with Crippen molar-refractivity contribution in [2.45, 2.75) is 56.5 Å². The third kappa shape index (κ3) is 5.07. The van der Waals surface area contributed by atoms with E-state index in [1.165, 1.54) is 4.90 Å². The zero-order valence-corrected chi connectivity index (χ0v) is 24.3. The topological polar surface area (TPSA) is 90.4 Å². The largest absolute Gasteiger partial charge is 0.394 e. The van der Waals surface area contributed by atoms with Gasteiger partial charge in [-0.3, -0.25) is 14.4 Å². The van der Waals surface area contributed by atoms with Gasteiger partial charge < -0.3 is 24.5 Å². The first kappa shape index (κ1) is 29.7. The number of amides is 3. The molecule has 0 saturated carbocycles. The van der Waals surface area contributed by atoms with E-state index in [9.17, 15) is 19.5 Å². The molecule has 3 aliphatic heterocycles. The Kier molecular flexibility index (Phi) is 8.94. The normalized spacial score (nSPS) is 26.5. The molecule has 3 amide bonds. The number of fused-ring (bicyclic) bond motifs is 1. The lowest BCUT2D eigenvalue weighted by Crippen LogP contribution is -2.57. The lowest BCUT2D eigenvalue weighted by atomic mass is 9.70. The minimum absolute atomic E-state index is 0.137. The lowest BCUT2D eigenvalue weighted by Gasteiger charge is -2.39. The first-order valence-corrected chi connectivity index (χ1v) is 14.9. The number of hydrogen-bond donors (Lipinski definition) is 1. The fourth-order valence-corrected chi connectivity index (χ4v) is 7.31. The van der Waals surface area contributed by atoms with Crippen LogP contribution in [0.15, 0.2) is 86.0 Å². The second-order valence-electron chi connectivity index (χ2n) is 11.5. The van der Waals surface area contributed by atoms with Crippen molar-refractivity contribution in [1.29, 1.82) is 0 Å². The Bertz CT molecular complexity index is 1300. The van der Waals surface area contributed by atoms with Crippen molar-refractivity contribution in [3.8, 4) is 0 Å². The summed E-state index contributed by atoms with van der Waals surface area (Å²) in [5.41, 5.74) is 0.505. The van der Waals surface area contributed by atoms with E-state index in [1.54, 1.807) is 22.0 Å². The minimum atomic E-state index is -1.16. The van der Waals surface area contributed by atoms with Crippen molar-refractivity contribution in [2.75, 3.05) is 26.2 Å². The number of likely N-dealkylation sites (tertiary alicyclic amines) is 1. The summed E-state index contributed by atoms with van der Waals surface area (Å²) in [7, 11) is 0. The molecule has 42 heavy (non-hydrogen) atoms. The highest BCUT2D eigenvalue weighted by Crippen LogP contribution is 2.60. The molecular weight excluding hydrogens is 530 g/mol. The van der Waals surface area contributed by atoms with Crippen molar-refractivity contribution in [2.24, 2.45) is 11.8 Å². The lowest BCUT2D eigenvalue weighted by molar-refractivity contribution is -0.152. The van der Waals surface area contributed by atoms with Gasteiger partial charge in [-0.15, -0.1) is 13.2 Å². The van der Waals surface area contributed by atoms with E-state index in [2.05, 4.69) is 13.2 Å². The van der Waals surface area contributed by atoms with Crippen molar-refractivity contribution < 1.29 is 24.2 Å². The standard InChI is InChI=1S/C34H41N3O5/c1-4-19-35(20-5-2)31(39)28-27-17-18-34(42-27)29(28)32(40)37(26(23-38)25-15-11-8-12-16-25)30(34)33(41)36(21-6-3)22-24-13-9-7-10-14-24/h4,6-16,26-30,38H,1,3,5,17-23H2,2H3/t26-,27-,28+,29+,30?,34?/m1/s1. The predicted molar refractivity (Wildman–Crippen MR) is 160 cm³/mol. The molecule has 222 valence electrons. The molecule has 3 fully saturated rings. The molecule has 2 bridgehead atoms. The van der Waals surface area contributed by atoms with Gasteiger partial charge in [-0.25, -0.2) is 0 Å². The predicted octanol–water partition coefficient (Wildman–Crippen LogP) is 3.73. The number of aliphatic hydroxyl groups is 1. The smallest absolute Gasteiger partial charge is 0.249 e. The molecule has 1 N–H and O–H groups in total. The van der Waals surface area contributed by atoms with Crippen LogP contribution in [0.2, 0.25) is 0 Å². The van der Waals surface area contributed by atoms with Crippen LogP contribution in [0.3, 0.4) is 0 Å². The maximum absolute atomic E-state index is 14.7. The zero-order valence-electron chi connectivity index (χ0n) is 24.3. The number of aliphatic hydroxyl groups excluding tert-OH is 1. The molecule has 2 aromatic rings. The van der Waals surface area contributed by atoms with Gasteiger partial charge in [0.15, 0.2) is 0 Å². The molecule has 0 aromatic heterocycles. The fraction of sp³-hybridized carbons (Fsp3) is 0.441. The molecule has 2 unspecified atom stereocenters. The summed E-state index contributed by atoms with van der Waals surface area (Å²) >= 11 is 0. The molecule has 8 nitrogen and oxygen atoms in total. The number of hydrogen-bond acceptors (Lipinski definition) is 5. The van der Waals surface area contributed by atoms with Crippen LogP contribution >= 0.6 is 0 Å². The molecule has 5 rings (SSSR count). The van der Waals surface area contributed by atoms with E-state index in [0.29, 0.717) is 32.5 Å². The Balaban J connectivity index is 1.59. The van der Waals surface area contributed by atoms with E-state index in [0.717, 1.165) is 17.5 Å². The Morgan fingerprint density at radius 3 is 2.31 bits per heavy atom. The summed E-state index contributed by atoms with van der Waals surface area (Å²) in [6.45, 7) is 10.9. The summed E-state index contributed by atoms with van der Waals surface area (Å²) in [5.74, 6) is -2.24. The minimum Gasteiger partial charge on any atom is -0.394 e. The summed E-state index contributed by atoms with van der Waals surface area (Å²) in [5, 5.41) is 10.7. The van der Waals surface area contributed by atoms with Crippen molar-refractivity contribution in [3.63, 3.8) is 0 Å². The van der Waals surface area contributed by atoms with Crippen LogP contribution in [0.5, 0.6) is 0 Å². The van der Waals surface area contributed by atoms with E-state index < -0.39 is 35.6 Å². The highest BCUT2D eigenvalue weighted by Gasteiger charge is 2.75. The van der Waals surface area contributed by atoms with Crippen LogP contribution in [-0.2, 0) is 25.7 Å². The highest BCUT2D eigenvalue weighted by atomic mass is 16.5. The van der Waals surface area contributed by atoms with Crippen LogP contribution < -0.4 is 0 Å². The zero-order chi connectivity index (χ0) is 29.9. The molecule has 3 saturated heterocycles. The van der Waals surface area contributed by atoms with Gasteiger partial charge >= 0.3 is 0 Å². The quantitative estimate of drug-likeness (QED) is 0.370. The number of nitrogens with zero attached hydrogens (tertiary/aromatic N) is 3. The van der Waals surface area contributed by atoms with Gasteiger partial charge in [0.05, 0.1) is 30.6 Å². The average molecular weight is 572 g/mol. The summed E-state index contributed by atoms with van der Waals surface area (Å²) in [6, 6.07) is 17.2. The third-order valence-electron chi connectivity index (χ3n) is 8.98. The highest BCUT2D eigenvalue weighted by molar-refractivity contribution is 5.99. The number of carbonyl (C=O) groups is 3.